The summed E-state index contributed by atoms with van der Waals surface area (Å²) in [7, 11) is 0. The molecule has 0 atom stereocenters. The van der Waals surface area contributed by atoms with E-state index in [-0.39, 0.29) is 11.4 Å². The molecule has 0 aliphatic heterocycles. The van der Waals surface area contributed by atoms with Crippen molar-refractivity contribution in [3.8, 4) is 5.69 Å². The smallest absolute Gasteiger partial charge is 0.282 e. The second-order valence-corrected chi connectivity index (χ2v) is 7.96. The normalized spacial score (nSPS) is 11.6. The number of halogens is 2. The molecule has 30 heavy (non-hydrogen) atoms. The van der Waals surface area contributed by atoms with Crippen LogP contribution < -0.4 is 5.56 Å². The van der Waals surface area contributed by atoms with Crippen LogP contribution in [0.2, 0.25) is 0 Å². The zero-order valence-corrected chi connectivity index (χ0v) is 18.4. The molecule has 7 heteroatoms. The van der Waals surface area contributed by atoms with E-state index in [9.17, 15) is 9.18 Å². The molecule has 0 radical (unpaired) electrons. The molecule has 0 aliphatic carbocycles. The Labute approximate surface area is 181 Å². The van der Waals surface area contributed by atoms with Gasteiger partial charge in [0.15, 0.2) is 0 Å². The van der Waals surface area contributed by atoms with Gasteiger partial charge in [-0.05, 0) is 62.4 Å². The molecule has 0 aliphatic rings. The first-order valence-electron chi connectivity index (χ1n) is 9.59. The number of fused-ring (bicyclic) bond motifs is 1. The van der Waals surface area contributed by atoms with Crippen LogP contribution in [0.3, 0.4) is 0 Å². The molecule has 5 nitrogen and oxygen atoms in total. The standard InChI is InChI=1S/C23H20BrFN4O/c1-4-22-27-21-10-5-17(24)12-20(21)23(30)29(22)26-13-16-11-14(2)28(15(16)3)19-8-6-18(25)7-9-19/h5-13H,4H2,1-3H3. The number of aryl methyl sites for hydroxylation is 2. The first kappa shape index (κ1) is 20.2. The lowest BCUT2D eigenvalue weighted by Gasteiger charge is -2.09. The fourth-order valence-corrected chi connectivity index (χ4v) is 3.93. The van der Waals surface area contributed by atoms with Crippen molar-refractivity contribution in [2.45, 2.75) is 27.2 Å². The predicted octanol–water partition coefficient (Wildman–Crippen LogP) is 5.15. The third kappa shape index (κ3) is 3.61. The summed E-state index contributed by atoms with van der Waals surface area (Å²) in [6.45, 7) is 5.89. The SMILES string of the molecule is CCc1nc2ccc(Br)cc2c(=O)n1N=Cc1cc(C)n(-c2ccc(F)cc2)c1C. The highest BCUT2D eigenvalue weighted by Crippen LogP contribution is 2.20. The maximum atomic E-state index is 13.3. The summed E-state index contributed by atoms with van der Waals surface area (Å²) in [6.07, 6.45) is 2.25. The van der Waals surface area contributed by atoms with Crippen molar-refractivity contribution in [3.05, 3.63) is 92.0 Å². The van der Waals surface area contributed by atoms with E-state index in [1.165, 1.54) is 16.8 Å². The van der Waals surface area contributed by atoms with E-state index in [2.05, 4.69) is 26.0 Å². The summed E-state index contributed by atoms with van der Waals surface area (Å²) >= 11 is 3.41. The van der Waals surface area contributed by atoms with Crippen LogP contribution in [0, 0.1) is 19.7 Å². The van der Waals surface area contributed by atoms with Gasteiger partial charge in [-0.1, -0.05) is 22.9 Å². The Balaban J connectivity index is 1.80. The van der Waals surface area contributed by atoms with Crippen molar-refractivity contribution in [2.75, 3.05) is 0 Å². The van der Waals surface area contributed by atoms with Gasteiger partial charge in [-0.3, -0.25) is 4.79 Å². The minimum absolute atomic E-state index is 0.207. The maximum Gasteiger partial charge on any atom is 0.282 e. The minimum atomic E-state index is -0.273. The number of hydrogen-bond donors (Lipinski definition) is 0. The van der Waals surface area contributed by atoms with Gasteiger partial charge in [0.1, 0.15) is 11.6 Å². The fraction of sp³-hybridized carbons (Fsp3) is 0.174. The average molecular weight is 467 g/mol. The van der Waals surface area contributed by atoms with E-state index in [0.29, 0.717) is 23.1 Å². The summed E-state index contributed by atoms with van der Waals surface area (Å²) in [5.74, 6) is 0.323. The molecule has 0 fully saturated rings. The zero-order chi connectivity index (χ0) is 21.4. The van der Waals surface area contributed by atoms with E-state index in [1.807, 2.05) is 43.5 Å². The Morgan fingerprint density at radius 2 is 1.87 bits per heavy atom. The van der Waals surface area contributed by atoms with Crippen molar-refractivity contribution in [3.63, 3.8) is 0 Å². The Hall–Kier alpha value is -3.06. The molecular formula is C23H20BrFN4O. The zero-order valence-electron chi connectivity index (χ0n) is 16.9. The first-order valence-corrected chi connectivity index (χ1v) is 10.4. The first-order chi connectivity index (χ1) is 14.4. The van der Waals surface area contributed by atoms with E-state index in [1.54, 1.807) is 24.4 Å². The van der Waals surface area contributed by atoms with Gasteiger partial charge in [-0.25, -0.2) is 9.37 Å². The molecule has 2 aromatic carbocycles. The summed E-state index contributed by atoms with van der Waals surface area (Å²) in [6, 6.07) is 13.8. The molecule has 2 heterocycles. The quantitative estimate of drug-likeness (QED) is 0.390. The predicted molar refractivity (Wildman–Crippen MR) is 121 cm³/mol. The fourth-order valence-electron chi connectivity index (χ4n) is 3.57. The maximum absolute atomic E-state index is 13.3. The van der Waals surface area contributed by atoms with Gasteiger partial charge in [0.05, 0.1) is 17.1 Å². The third-order valence-corrected chi connectivity index (χ3v) is 5.55. The number of aromatic nitrogens is 3. The van der Waals surface area contributed by atoms with Gasteiger partial charge >= 0.3 is 0 Å². The molecule has 2 aromatic heterocycles. The number of rotatable bonds is 4. The molecule has 4 rings (SSSR count). The molecule has 0 saturated carbocycles. The molecule has 0 bridgehead atoms. The molecule has 0 N–H and O–H groups in total. The molecule has 0 unspecified atom stereocenters. The largest absolute Gasteiger partial charge is 0.318 e. The minimum Gasteiger partial charge on any atom is -0.318 e. The van der Waals surface area contributed by atoms with Gasteiger partial charge in [-0.2, -0.15) is 9.78 Å². The van der Waals surface area contributed by atoms with E-state index in [0.717, 1.165) is 27.1 Å². The van der Waals surface area contributed by atoms with Gasteiger partial charge in [0.25, 0.3) is 5.56 Å². The van der Waals surface area contributed by atoms with Crippen molar-refractivity contribution in [1.29, 1.82) is 0 Å². The summed E-state index contributed by atoms with van der Waals surface area (Å²) in [4.78, 5) is 17.6. The summed E-state index contributed by atoms with van der Waals surface area (Å²) in [5, 5.41) is 4.99. The number of benzene rings is 2. The Morgan fingerprint density at radius 3 is 2.57 bits per heavy atom. The van der Waals surface area contributed by atoms with Crippen molar-refractivity contribution in [1.82, 2.24) is 14.2 Å². The average Bonchev–Trinajstić information content (AvgIpc) is 3.01. The van der Waals surface area contributed by atoms with Gasteiger partial charge in [0.2, 0.25) is 0 Å². The Kier molecular flexibility index (Phi) is 5.39. The van der Waals surface area contributed by atoms with E-state index < -0.39 is 0 Å². The molecule has 152 valence electrons. The molecule has 0 amide bonds. The highest BCUT2D eigenvalue weighted by atomic mass is 79.9. The van der Waals surface area contributed by atoms with E-state index >= 15 is 0 Å². The molecule has 4 aromatic rings. The number of hydrogen-bond acceptors (Lipinski definition) is 3. The molecule has 0 saturated heterocycles. The van der Waals surface area contributed by atoms with Crippen LogP contribution in [0.25, 0.3) is 16.6 Å². The lowest BCUT2D eigenvalue weighted by molar-refractivity contribution is 0.627. The van der Waals surface area contributed by atoms with Gasteiger partial charge < -0.3 is 4.57 Å². The highest BCUT2D eigenvalue weighted by molar-refractivity contribution is 9.10. The Bertz CT molecular complexity index is 1340. The van der Waals surface area contributed by atoms with Gasteiger partial charge in [0, 0.05) is 33.5 Å². The number of nitrogens with zero attached hydrogens (tertiary/aromatic N) is 4. The van der Waals surface area contributed by atoms with Crippen LogP contribution in [-0.2, 0) is 6.42 Å². The van der Waals surface area contributed by atoms with Crippen LogP contribution in [0.15, 0.2) is 62.9 Å². The highest BCUT2D eigenvalue weighted by Gasteiger charge is 2.12. The van der Waals surface area contributed by atoms with Crippen molar-refractivity contribution >= 4 is 33.0 Å². The summed E-state index contributed by atoms with van der Waals surface area (Å²) in [5.41, 5.74) is 4.13. The van der Waals surface area contributed by atoms with Crippen LogP contribution in [0.5, 0.6) is 0 Å². The summed E-state index contributed by atoms with van der Waals surface area (Å²) < 4.78 is 17.5. The Morgan fingerprint density at radius 1 is 1.13 bits per heavy atom. The monoisotopic (exact) mass is 466 g/mol. The molecular weight excluding hydrogens is 447 g/mol. The van der Waals surface area contributed by atoms with E-state index in [4.69, 9.17) is 0 Å². The van der Waals surface area contributed by atoms with Crippen LogP contribution in [0.1, 0.15) is 29.7 Å². The van der Waals surface area contributed by atoms with Crippen LogP contribution in [-0.4, -0.2) is 20.4 Å². The third-order valence-electron chi connectivity index (χ3n) is 5.06. The second kappa shape index (κ2) is 7.99. The second-order valence-electron chi connectivity index (χ2n) is 7.04. The van der Waals surface area contributed by atoms with Crippen LogP contribution in [0.4, 0.5) is 4.39 Å². The lowest BCUT2D eigenvalue weighted by Crippen LogP contribution is -2.22. The van der Waals surface area contributed by atoms with Gasteiger partial charge in [-0.15, -0.1) is 0 Å². The lowest BCUT2D eigenvalue weighted by atomic mass is 10.2. The van der Waals surface area contributed by atoms with Crippen LogP contribution >= 0.6 is 15.9 Å². The molecule has 0 spiro atoms. The van der Waals surface area contributed by atoms with Crippen molar-refractivity contribution in [2.24, 2.45) is 5.10 Å². The van der Waals surface area contributed by atoms with Crippen molar-refractivity contribution < 1.29 is 4.39 Å². The topological polar surface area (TPSA) is 52.2 Å².